The predicted molar refractivity (Wildman–Crippen MR) is 286 cm³/mol. The second kappa shape index (κ2) is 16.8. The van der Waals surface area contributed by atoms with Gasteiger partial charge in [-0.3, -0.25) is 0 Å². The van der Waals surface area contributed by atoms with E-state index < -0.39 is 0 Å². The topological polar surface area (TPSA) is 74.8 Å². The molecule has 4 heterocycles. The summed E-state index contributed by atoms with van der Waals surface area (Å²) in [5, 5.41) is 11.3. The van der Waals surface area contributed by atoms with Crippen molar-refractivity contribution in [3.63, 3.8) is 0 Å². The molecular weight excluding hydrogens is 841 g/mol. The second-order valence-corrected chi connectivity index (χ2v) is 17.4. The molecule has 0 amide bonds. The minimum absolute atomic E-state index is 0.567. The SMILES string of the molecule is C(=C1c2ccccc2Nc2cccc(-c3nc(-c4cccc5c4C(=Cc4ccccc4)c4ccccc4N5)nc(-c4cccc5c4C(=Cc4ccccc4)c4ccccc4N5)n3)c21)c1ccccc1. The lowest BCUT2D eigenvalue weighted by Crippen LogP contribution is -2.11. The van der Waals surface area contributed by atoms with Crippen molar-refractivity contribution in [2.24, 2.45) is 0 Å². The molecule has 13 rings (SSSR count). The molecule has 1 aromatic heterocycles. The Morgan fingerprint density at radius 3 is 0.783 bits per heavy atom. The highest BCUT2D eigenvalue weighted by Crippen LogP contribution is 2.50. The summed E-state index contributed by atoms with van der Waals surface area (Å²) in [4.78, 5) is 16.7. The molecule has 3 N–H and O–H groups in total. The lowest BCUT2D eigenvalue weighted by molar-refractivity contribution is 1.07. The summed E-state index contributed by atoms with van der Waals surface area (Å²) in [5.74, 6) is 1.70. The molecule has 0 radical (unpaired) electrons. The molecule has 0 aliphatic carbocycles. The van der Waals surface area contributed by atoms with Crippen molar-refractivity contribution in [3.05, 3.63) is 268 Å². The summed E-state index contributed by atoms with van der Waals surface area (Å²) in [7, 11) is 0. The fourth-order valence-electron chi connectivity index (χ4n) is 10.1. The van der Waals surface area contributed by atoms with E-state index in [1.165, 1.54) is 0 Å². The number of aromatic nitrogens is 3. The van der Waals surface area contributed by atoms with E-state index in [0.29, 0.717) is 17.5 Å². The van der Waals surface area contributed by atoms with Gasteiger partial charge in [0.15, 0.2) is 17.5 Å². The van der Waals surface area contributed by atoms with Gasteiger partial charge in [-0.25, -0.2) is 15.0 Å². The second-order valence-electron chi connectivity index (χ2n) is 17.4. The van der Waals surface area contributed by atoms with Crippen molar-refractivity contribution in [2.45, 2.75) is 0 Å². The first-order valence-electron chi connectivity index (χ1n) is 23.3. The van der Waals surface area contributed by atoms with Crippen LogP contribution in [0.4, 0.5) is 34.1 Å². The van der Waals surface area contributed by atoms with Crippen LogP contribution in [-0.4, -0.2) is 15.0 Å². The number of fused-ring (bicyclic) bond motifs is 6. The number of rotatable bonds is 6. The zero-order valence-electron chi connectivity index (χ0n) is 37.4. The molecule has 6 nitrogen and oxygen atoms in total. The van der Waals surface area contributed by atoms with E-state index in [0.717, 1.165) is 118 Å². The first-order chi connectivity index (χ1) is 34.2. The number of nitrogens with zero attached hydrogens (tertiary/aromatic N) is 3. The maximum absolute atomic E-state index is 5.58. The van der Waals surface area contributed by atoms with Crippen molar-refractivity contribution in [2.75, 3.05) is 16.0 Å². The molecular formula is C63H42N6. The van der Waals surface area contributed by atoms with Gasteiger partial charge in [-0.2, -0.15) is 0 Å². The molecule has 0 unspecified atom stereocenters. The molecule has 0 atom stereocenters. The van der Waals surface area contributed by atoms with E-state index in [1.54, 1.807) is 0 Å². The number of nitrogens with one attached hydrogen (secondary N) is 3. The van der Waals surface area contributed by atoms with Gasteiger partial charge in [0.1, 0.15) is 0 Å². The van der Waals surface area contributed by atoms with E-state index in [-0.39, 0.29) is 0 Å². The lowest BCUT2D eigenvalue weighted by Gasteiger charge is -2.28. The van der Waals surface area contributed by atoms with Crippen LogP contribution < -0.4 is 16.0 Å². The van der Waals surface area contributed by atoms with Crippen LogP contribution in [0, 0.1) is 0 Å². The van der Waals surface area contributed by atoms with Gasteiger partial charge in [0, 0.05) is 84.2 Å². The minimum atomic E-state index is 0.567. The molecule has 0 bridgehead atoms. The zero-order valence-corrected chi connectivity index (χ0v) is 37.4. The van der Waals surface area contributed by atoms with Crippen LogP contribution >= 0.6 is 0 Å². The van der Waals surface area contributed by atoms with Crippen LogP contribution in [0.1, 0.15) is 50.1 Å². The summed E-state index contributed by atoms with van der Waals surface area (Å²) in [6.07, 6.45) is 6.83. The van der Waals surface area contributed by atoms with Crippen LogP contribution in [0.5, 0.6) is 0 Å². The van der Waals surface area contributed by atoms with Gasteiger partial charge in [0.05, 0.1) is 0 Å². The Kier molecular flexibility index (Phi) is 9.72. The Labute approximate surface area is 400 Å². The summed E-state index contributed by atoms with van der Waals surface area (Å²) in [6, 6.07) is 76.2. The normalized spacial score (nSPS) is 14.5. The Bertz CT molecular complexity index is 3340. The number of hydrogen-bond acceptors (Lipinski definition) is 6. The quantitative estimate of drug-likeness (QED) is 0.154. The number of hydrogen-bond donors (Lipinski definition) is 3. The summed E-state index contributed by atoms with van der Waals surface area (Å²) in [6.45, 7) is 0. The van der Waals surface area contributed by atoms with E-state index in [4.69, 9.17) is 15.0 Å². The third kappa shape index (κ3) is 7.19. The van der Waals surface area contributed by atoms with Crippen LogP contribution in [0.2, 0.25) is 0 Å². The first-order valence-corrected chi connectivity index (χ1v) is 23.3. The van der Waals surface area contributed by atoms with Crippen molar-refractivity contribution >= 4 is 69.1 Å². The Morgan fingerprint density at radius 1 is 0.232 bits per heavy atom. The van der Waals surface area contributed by atoms with Crippen LogP contribution in [0.3, 0.4) is 0 Å². The molecule has 0 saturated carbocycles. The van der Waals surface area contributed by atoms with E-state index in [2.05, 4.69) is 253 Å². The fraction of sp³-hybridized carbons (Fsp3) is 0. The zero-order chi connectivity index (χ0) is 45.7. The van der Waals surface area contributed by atoms with Gasteiger partial charge >= 0.3 is 0 Å². The molecule has 3 aliphatic rings. The van der Waals surface area contributed by atoms with Crippen molar-refractivity contribution in [3.8, 4) is 34.2 Å². The summed E-state index contributed by atoms with van der Waals surface area (Å²) < 4.78 is 0. The molecule has 10 aromatic rings. The maximum Gasteiger partial charge on any atom is 0.164 e. The highest BCUT2D eigenvalue weighted by molar-refractivity contribution is 6.10. The predicted octanol–water partition coefficient (Wildman–Crippen LogP) is 15.8. The molecule has 9 aromatic carbocycles. The molecule has 69 heavy (non-hydrogen) atoms. The highest BCUT2D eigenvalue weighted by atomic mass is 15.0. The first kappa shape index (κ1) is 39.9. The van der Waals surface area contributed by atoms with Gasteiger partial charge < -0.3 is 16.0 Å². The molecule has 0 fully saturated rings. The van der Waals surface area contributed by atoms with E-state index >= 15 is 0 Å². The average molecular weight is 883 g/mol. The molecule has 324 valence electrons. The van der Waals surface area contributed by atoms with Crippen LogP contribution in [0.15, 0.2) is 218 Å². The third-order valence-corrected chi connectivity index (χ3v) is 13.2. The molecule has 6 heteroatoms. The highest BCUT2D eigenvalue weighted by Gasteiger charge is 2.30. The number of para-hydroxylation sites is 3. The minimum Gasteiger partial charge on any atom is -0.354 e. The Hall–Kier alpha value is -9.39. The van der Waals surface area contributed by atoms with Gasteiger partial charge in [-0.1, -0.05) is 182 Å². The summed E-state index contributed by atoms with van der Waals surface area (Å²) >= 11 is 0. The fourth-order valence-corrected chi connectivity index (χ4v) is 10.1. The molecule has 0 saturated heterocycles. The molecule has 3 aliphatic heterocycles. The van der Waals surface area contributed by atoms with Crippen LogP contribution in [0.25, 0.3) is 69.1 Å². The Morgan fingerprint density at radius 2 is 0.478 bits per heavy atom. The van der Waals surface area contributed by atoms with Gasteiger partial charge in [0.2, 0.25) is 0 Å². The van der Waals surface area contributed by atoms with E-state index in [9.17, 15) is 0 Å². The smallest absolute Gasteiger partial charge is 0.164 e. The number of anilines is 6. The average Bonchev–Trinajstić information content (AvgIpc) is 3.41. The maximum atomic E-state index is 5.58. The van der Waals surface area contributed by atoms with Crippen molar-refractivity contribution in [1.82, 2.24) is 15.0 Å². The lowest BCUT2D eigenvalue weighted by atomic mass is 9.85. The summed E-state index contributed by atoms with van der Waals surface area (Å²) in [5.41, 5.74) is 21.7. The molecule has 0 spiro atoms. The van der Waals surface area contributed by atoms with Crippen LogP contribution in [-0.2, 0) is 0 Å². The number of benzene rings is 9. The third-order valence-electron chi connectivity index (χ3n) is 13.2. The van der Waals surface area contributed by atoms with Gasteiger partial charge in [0.25, 0.3) is 0 Å². The monoisotopic (exact) mass is 882 g/mol. The van der Waals surface area contributed by atoms with Crippen molar-refractivity contribution < 1.29 is 0 Å². The van der Waals surface area contributed by atoms with E-state index in [1.807, 2.05) is 0 Å². The Balaban J connectivity index is 1.09. The van der Waals surface area contributed by atoms with Crippen molar-refractivity contribution in [1.29, 1.82) is 0 Å². The standard InChI is InChI=1S/C63H42N6/c1-4-19-40(20-5-1)37-49-43-25-10-13-31-52(43)64-55-34-16-28-46(58(49)55)61-67-62(47-29-17-35-56-59(47)50(38-41-21-6-2-7-22-41)44-26-11-14-32-53(44)65-56)69-63(68-61)48-30-18-36-57-60(48)51(39-42-23-8-3-9-24-42)45-27-12-15-33-54(45)66-57/h1-39,64-66H. The van der Waals surface area contributed by atoms with Gasteiger partial charge in [-0.15, -0.1) is 0 Å². The largest absolute Gasteiger partial charge is 0.354 e. The van der Waals surface area contributed by atoms with Gasteiger partial charge in [-0.05, 0) is 88.0 Å².